The van der Waals surface area contributed by atoms with Crippen LogP contribution in [0.25, 0.3) is 11.8 Å². The number of nitrogen functional groups attached to an aromatic ring is 1. The van der Waals surface area contributed by atoms with E-state index in [-0.39, 0.29) is 17.3 Å². The van der Waals surface area contributed by atoms with Gasteiger partial charge in [-0.15, -0.1) is 0 Å². The summed E-state index contributed by atoms with van der Waals surface area (Å²) in [6.07, 6.45) is 6.56. The topological polar surface area (TPSA) is 111 Å². The molecule has 0 atom stereocenters. The van der Waals surface area contributed by atoms with Gasteiger partial charge < -0.3 is 5.73 Å². The van der Waals surface area contributed by atoms with Crippen LogP contribution in [-0.4, -0.2) is 29.5 Å². The first-order chi connectivity index (χ1) is 9.29. The largest absolute Gasteiger partial charge is 0.382 e. The molecule has 0 fully saturated rings. The van der Waals surface area contributed by atoms with Crippen molar-refractivity contribution in [1.82, 2.24) is 29.5 Å². The lowest BCUT2D eigenvalue weighted by atomic mass is 10.3. The zero-order chi connectivity index (χ0) is 13.2. The molecule has 8 heteroatoms. The maximum absolute atomic E-state index is 9.15. The van der Waals surface area contributed by atoms with Crippen molar-refractivity contribution in [3.05, 3.63) is 42.5 Å². The van der Waals surface area contributed by atoms with Crippen LogP contribution in [0.5, 0.6) is 0 Å². The highest BCUT2D eigenvalue weighted by molar-refractivity contribution is 5.58. The molecule has 92 valence electrons. The van der Waals surface area contributed by atoms with E-state index in [1.54, 1.807) is 36.9 Å². The van der Waals surface area contributed by atoms with Crippen LogP contribution in [0.2, 0.25) is 0 Å². The summed E-state index contributed by atoms with van der Waals surface area (Å²) in [7, 11) is 0. The lowest BCUT2D eigenvalue weighted by Crippen LogP contribution is -2.12. The van der Waals surface area contributed by atoms with Crippen LogP contribution in [0.15, 0.2) is 36.9 Å². The molecule has 0 unspecified atom stereocenters. The molecule has 0 bridgehead atoms. The minimum Gasteiger partial charge on any atom is -0.382 e. The van der Waals surface area contributed by atoms with E-state index in [1.807, 2.05) is 6.07 Å². The second-order valence-electron chi connectivity index (χ2n) is 3.62. The van der Waals surface area contributed by atoms with Gasteiger partial charge in [0.2, 0.25) is 0 Å². The van der Waals surface area contributed by atoms with Gasteiger partial charge in [0.15, 0.2) is 5.82 Å². The summed E-state index contributed by atoms with van der Waals surface area (Å²) in [5, 5.41) is 17.2. The zero-order valence-corrected chi connectivity index (χ0v) is 9.67. The number of nitrogens with zero attached hydrogens (tertiary/aromatic N) is 7. The van der Waals surface area contributed by atoms with Gasteiger partial charge in [0, 0.05) is 24.8 Å². The van der Waals surface area contributed by atoms with Gasteiger partial charge in [0.05, 0.1) is 0 Å². The molecule has 19 heavy (non-hydrogen) atoms. The van der Waals surface area contributed by atoms with Crippen LogP contribution in [0.3, 0.4) is 0 Å². The van der Waals surface area contributed by atoms with Gasteiger partial charge in [0.25, 0.3) is 5.95 Å². The fraction of sp³-hybridized carbons (Fsp3) is 0. The highest BCUT2D eigenvalue weighted by atomic mass is 15.4. The molecule has 8 nitrogen and oxygen atoms in total. The van der Waals surface area contributed by atoms with Crippen LogP contribution in [0.1, 0.15) is 5.56 Å². The Kier molecular flexibility index (Phi) is 2.43. The van der Waals surface area contributed by atoms with Crippen molar-refractivity contribution in [2.75, 3.05) is 5.73 Å². The van der Waals surface area contributed by atoms with Crippen LogP contribution in [-0.2, 0) is 0 Å². The molecule has 2 N–H and O–H groups in total. The van der Waals surface area contributed by atoms with Gasteiger partial charge >= 0.3 is 0 Å². The first kappa shape index (κ1) is 10.9. The highest BCUT2D eigenvalue weighted by Gasteiger charge is 2.15. The van der Waals surface area contributed by atoms with E-state index in [0.29, 0.717) is 5.82 Å². The number of aromatic nitrogens is 6. The molecule has 3 aromatic rings. The number of hydrogen-bond donors (Lipinski definition) is 1. The van der Waals surface area contributed by atoms with Crippen LogP contribution in [0.4, 0.5) is 5.82 Å². The van der Waals surface area contributed by atoms with Gasteiger partial charge in [-0.05, 0) is 12.1 Å². The van der Waals surface area contributed by atoms with E-state index in [0.717, 1.165) is 0 Å². The summed E-state index contributed by atoms with van der Waals surface area (Å²) in [5.41, 5.74) is 5.97. The third kappa shape index (κ3) is 1.79. The van der Waals surface area contributed by atoms with Gasteiger partial charge in [-0.3, -0.25) is 0 Å². The Morgan fingerprint density at radius 1 is 1.05 bits per heavy atom. The second kappa shape index (κ2) is 4.23. The smallest absolute Gasteiger partial charge is 0.254 e. The third-order valence-electron chi connectivity index (χ3n) is 2.45. The predicted molar refractivity (Wildman–Crippen MR) is 65.4 cm³/mol. The molecule has 0 radical (unpaired) electrons. The normalized spacial score (nSPS) is 10.3. The molecule has 0 saturated heterocycles. The molecule has 0 aliphatic rings. The van der Waals surface area contributed by atoms with Crippen molar-refractivity contribution in [2.24, 2.45) is 0 Å². The number of nitrogens with two attached hydrogens (primary N) is 1. The predicted octanol–water partition coefficient (Wildman–Crippen LogP) is 0.302. The molecule has 0 spiro atoms. The second-order valence-corrected chi connectivity index (χ2v) is 3.62. The Labute approximate surface area is 107 Å². The first-order valence-electron chi connectivity index (χ1n) is 5.37. The fourth-order valence-corrected chi connectivity index (χ4v) is 1.61. The summed E-state index contributed by atoms with van der Waals surface area (Å²) < 4.78 is 2.92. The quantitative estimate of drug-likeness (QED) is 0.702. The number of anilines is 1. The van der Waals surface area contributed by atoms with Crippen LogP contribution >= 0.6 is 0 Å². The van der Waals surface area contributed by atoms with Crippen molar-refractivity contribution in [2.45, 2.75) is 0 Å². The Morgan fingerprint density at radius 2 is 1.74 bits per heavy atom. The first-order valence-corrected chi connectivity index (χ1v) is 5.37. The van der Waals surface area contributed by atoms with Gasteiger partial charge in [-0.2, -0.15) is 25.4 Å². The lowest BCUT2D eigenvalue weighted by molar-refractivity contribution is 0.774. The summed E-state index contributed by atoms with van der Waals surface area (Å²) in [6, 6.07) is 5.45. The Bertz CT molecular complexity index is 736. The monoisotopic (exact) mass is 252 g/mol. The average molecular weight is 252 g/mol. The molecule has 3 rings (SSSR count). The summed E-state index contributed by atoms with van der Waals surface area (Å²) >= 11 is 0. The Hall–Kier alpha value is -3.21. The SMILES string of the molecule is N#Cc1c(N)nc(-n2cccn2)nc1-n1cccn1. The van der Waals surface area contributed by atoms with E-state index >= 15 is 0 Å². The van der Waals surface area contributed by atoms with Crippen molar-refractivity contribution in [3.8, 4) is 17.8 Å². The van der Waals surface area contributed by atoms with Crippen molar-refractivity contribution in [1.29, 1.82) is 5.26 Å². The van der Waals surface area contributed by atoms with Gasteiger partial charge in [0.1, 0.15) is 17.5 Å². The minimum atomic E-state index is 0.0912. The van der Waals surface area contributed by atoms with Crippen LogP contribution in [0, 0.1) is 11.3 Å². The molecule has 0 aliphatic carbocycles. The third-order valence-corrected chi connectivity index (χ3v) is 2.45. The van der Waals surface area contributed by atoms with E-state index in [1.165, 1.54) is 9.36 Å². The van der Waals surface area contributed by atoms with Gasteiger partial charge in [-0.1, -0.05) is 0 Å². The molecule has 0 amide bonds. The summed E-state index contributed by atoms with van der Waals surface area (Å²) in [6.45, 7) is 0. The Morgan fingerprint density at radius 3 is 2.32 bits per heavy atom. The van der Waals surface area contributed by atoms with Gasteiger partial charge in [-0.25, -0.2) is 9.36 Å². The highest BCUT2D eigenvalue weighted by Crippen LogP contribution is 2.17. The average Bonchev–Trinajstić information content (AvgIpc) is 3.11. The van der Waals surface area contributed by atoms with Crippen molar-refractivity contribution < 1.29 is 0 Å². The minimum absolute atomic E-state index is 0.0912. The zero-order valence-electron chi connectivity index (χ0n) is 9.67. The van der Waals surface area contributed by atoms with Crippen LogP contribution < -0.4 is 5.73 Å². The fourth-order valence-electron chi connectivity index (χ4n) is 1.61. The standard InChI is InChI=1S/C11H8N8/c12-7-8-9(13)16-11(19-6-2-4-15-19)17-10(8)18-5-1-3-14-18/h1-6H,(H2,13,16,17). The summed E-state index contributed by atoms with van der Waals surface area (Å²) in [4.78, 5) is 8.34. The number of rotatable bonds is 2. The molecule has 0 saturated carbocycles. The number of hydrogen-bond acceptors (Lipinski definition) is 6. The van der Waals surface area contributed by atoms with E-state index < -0.39 is 0 Å². The molecule has 0 aromatic carbocycles. The lowest BCUT2D eigenvalue weighted by Gasteiger charge is -2.08. The van der Waals surface area contributed by atoms with E-state index in [9.17, 15) is 0 Å². The van der Waals surface area contributed by atoms with E-state index in [4.69, 9.17) is 11.0 Å². The van der Waals surface area contributed by atoms with Crippen molar-refractivity contribution >= 4 is 5.82 Å². The maximum atomic E-state index is 9.15. The summed E-state index contributed by atoms with van der Waals surface area (Å²) in [5.74, 6) is 0.700. The Balaban J connectivity index is 2.25. The molecule has 3 aromatic heterocycles. The number of nitriles is 1. The molecular weight excluding hydrogens is 244 g/mol. The van der Waals surface area contributed by atoms with E-state index in [2.05, 4.69) is 20.2 Å². The van der Waals surface area contributed by atoms with Crippen molar-refractivity contribution in [3.63, 3.8) is 0 Å². The maximum Gasteiger partial charge on any atom is 0.254 e. The molecule has 3 heterocycles. The molecule has 0 aliphatic heterocycles. The molecular formula is C11H8N8.